The summed E-state index contributed by atoms with van der Waals surface area (Å²) in [6.45, 7) is 9.78. The van der Waals surface area contributed by atoms with E-state index in [1.807, 2.05) is 40.7 Å². The fourth-order valence-electron chi connectivity index (χ4n) is 4.26. The number of rotatable bonds is 12. The van der Waals surface area contributed by atoms with Crippen molar-refractivity contribution in [1.82, 2.24) is 10.2 Å². The Bertz CT molecular complexity index is 1410. The summed E-state index contributed by atoms with van der Waals surface area (Å²) >= 11 is 6.07. The van der Waals surface area contributed by atoms with Gasteiger partial charge in [0.1, 0.15) is 12.6 Å². The zero-order valence-electron chi connectivity index (χ0n) is 23.7. The van der Waals surface area contributed by atoms with Crippen LogP contribution in [0.5, 0.6) is 0 Å². The first-order valence-electron chi connectivity index (χ1n) is 13.4. The molecule has 0 aliphatic rings. The summed E-state index contributed by atoms with van der Waals surface area (Å²) in [5.74, 6) is -0.528. The van der Waals surface area contributed by atoms with E-state index in [0.29, 0.717) is 23.7 Å². The lowest BCUT2D eigenvalue weighted by Gasteiger charge is -2.33. The largest absolute Gasteiger partial charge is 0.354 e. The summed E-state index contributed by atoms with van der Waals surface area (Å²) < 4.78 is 28.9. The molecule has 1 N–H and O–H groups in total. The molecule has 7 nitrogen and oxygen atoms in total. The van der Waals surface area contributed by atoms with Crippen LogP contribution in [0.25, 0.3) is 0 Å². The lowest BCUT2D eigenvalue weighted by Crippen LogP contribution is -2.52. The van der Waals surface area contributed by atoms with Crippen LogP contribution < -0.4 is 9.62 Å². The van der Waals surface area contributed by atoms with E-state index in [1.165, 1.54) is 17.0 Å². The van der Waals surface area contributed by atoms with Gasteiger partial charge in [-0.05, 0) is 79.3 Å². The van der Waals surface area contributed by atoms with E-state index >= 15 is 0 Å². The fraction of sp³-hybridized carbons (Fsp3) is 0.355. The molecule has 2 amide bonds. The Balaban J connectivity index is 2.05. The van der Waals surface area contributed by atoms with Crippen molar-refractivity contribution in [3.63, 3.8) is 0 Å². The van der Waals surface area contributed by atoms with Gasteiger partial charge in [0.15, 0.2) is 0 Å². The number of aryl methyl sites for hydroxylation is 2. The maximum atomic E-state index is 14.1. The van der Waals surface area contributed by atoms with E-state index in [2.05, 4.69) is 5.32 Å². The van der Waals surface area contributed by atoms with Crippen LogP contribution >= 0.6 is 11.6 Å². The van der Waals surface area contributed by atoms with Crippen LogP contribution in [-0.4, -0.2) is 44.3 Å². The van der Waals surface area contributed by atoms with Crippen molar-refractivity contribution in [2.24, 2.45) is 5.92 Å². The lowest BCUT2D eigenvalue weighted by atomic mass is 10.1. The third kappa shape index (κ3) is 7.86. The number of hydrogen-bond donors (Lipinski definition) is 1. The first kappa shape index (κ1) is 31.2. The lowest BCUT2D eigenvalue weighted by molar-refractivity contribution is -0.140. The molecule has 0 heterocycles. The summed E-state index contributed by atoms with van der Waals surface area (Å²) in [7, 11) is -4.10. The number of benzene rings is 3. The summed E-state index contributed by atoms with van der Waals surface area (Å²) in [5, 5.41) is 3.49. The average Bonchev–Trinajstić information content (AvgIpc) is 2.93. The van der Waals surface area contributed by atoms with E-state index in [4.69, 9.17) is 11.6 Å². The molecule has 214 valence electrons. The van der Waals surface area contributed by atoms with Crippen LogP contribution in [0.2, 0.25) is 5.02 Å². The van der Waals surface area contributed by atoms with Crippen molar-refractivity contribution in [2.75, 3.05) is 17.4 Å². The molecule has 0 fully saturated rings. The molecule has 9 heteroatoms. The number of nitrogens with one attached hydrogen (secondary N) is 1. The van der Waals surface area contributed by atoms with Gasteiger partial charge in [-0.25, -0.2) is 8.42 Å². The molecule has 0 aliphatic carbocycles. The van der Waals surface area contributed by atoms with Crippen LogP contribution in [0.1, 0.15) is 43.9 Å². The maximum Gasteiger partial charge on any atom is 0.264 e. The zero-order valence-corrected chi connectivity index (χ0v) is 25.3. The SMILES string of the molecule is CC[C@H](C(=O)NCC(C)C)N(Cc1ccc(Cl)cc1)C(=O)CN(c1ccc(C)c(C)c1)S(=O)(=O)c1ccccc1. The molecule has 0 aliphatic heterocycles. The van der Waals surface area contributed by atoms with Crippen molar-refractivity contribution in [2.45, 2.75) is 58.5 Å². The van der Waals surface area contributed by atoms with Crippen LogP contribution in [-0.2, 0) is 26.2 Å². The van der Waals surface area contributed by atoms with Gasteiger partial charge in [0.2, 0.25) is 11.8 Å². The molecule has 0 radical (unpaired) electrons. The van der Waals surface area contributed by atoms with Gasteiger partial charge in [0, 0.05) is 18.1 Å². The minimum absolute atomic E-state index is 0.0759. The van der Waals surface area contributed by atoms with Gasteiger partial charge in [-0.3, -0.25) is 13.9 Å². The number of anilines is 1. The molecule has 0 bridgehead atoms. The quantitative estimate of drug-likeness (QED) is 0.295. The Hall–Kier alpha value is -3.36. The van der Waals surface area contributed by atoms with Gasteiger partial charge in [-0.15, -0.1) is 0 Å². The van der Waals surface area contributed by atoms with Crippen molar-refractivity contribution < 1.29 is 18.0 Å². The molecular formula is C31H38ClN3O4S. The summed E-state index contributed by atoms with van der Waals surface area (Å²) in [5.41, 5.74) is 3.06. The molecule has 0 spiro atoms. The van der Waals surface area contributed by atoms with Crippen molar-refractivity contribution in [1.29, 1.82) is 0 Å². The molecule has 3 aromatic rings. The standard InChI is InChI=1S/C31H38ClN3O4S/c1-6-29(31(37)33-19-22(2)3)34(20-25-13-15-26(32)16-14-25)30(36)21-35(27-17-12-23(4)24(5)18-27)40(38,39)28-10-8-7-9-11-28/h7-18,22,29H,6,19-21H2,1-5H3,(H,33,37)/t29-/m1/s1. The third-order valence-electron chi connectivity index (χ3n) is 6.73. The van der Waals surface area contributed by atoms with Crippen LogP contribution in [0.4, 0.5) is 5.69 Å². The van der Waals surface area contributed by atoms with Gasteiger partial charge in [-0.2, -0.15) is 0 Å². The average molecular weight is 584 g/mol. The Morgan fingerprint density at radius 1 is 0.925 bits per heavy atom. The van der Waals surface area contributed by atoms with Crippen LogP contribution in [0.15, 0.2) is 77.7 Å². The highest BCUT2D eigenvalue weighted by molar-refractivity contribution is 7.92. The van der Waals surface area contributed by atoms with Gasteiger partial charge in [-0.1, -0.05) is 68.8 Å². The minimum Gasteiger partial charge on any atom is -0.354 e. The smallest absolute Gasteiger partial charge is 0.264 e. The zero-order chi connectivity index (χ0) is 29.4. The summed E-state index contributed by atoms with van der Waals surface area (Å²) in [6.07, 6.45) is 0.359. The number of hydrogen-bond acceptors (Lipinski definition) is 4. The Morgan fingerprint density at radius 2 is 1.57 bits per heavy atom. The number of carbonyl (C=O) groups excluding carboxylic acids is 2. The van der Waals surface area contributed by atoms with Crippen LogP contribution in [0.3, 0.4) is 0 Å². The van der Waals surface area contributed by atoms with Crippen molar-refractivity contribution in [3.8, 4) is 0 Å². The second kappa shape index (κ2) is 13.8. The molecule has 0 saturated carbocycles. The highest BCUT2D eigenvalue weighted by Crippen LogP contribution is 2.27. The number of amides is 2. The normalized spacial score (nSPS) is 12.2. The van der Waals surface area contributed by atoms with E-state index < -0.39 is 28.5 Å². The number of carbonyl (C=O) groups is 2. The highest BCUT2D eigenvalue weighted by Gasteiger charge is 2.33. The topological polar surface area (TPSA) is 86.8 Å². The first-order valence-corrected chi connectivity index (χ1v) is 15.2. The van der Waals surface area contributed by atoms with Crippen LogP contribution in [0, 0.1) is 19.8 Å². The van der Waals surface area contributed by atoms with E-state index in [-0.39, 0.29) is 23.3 Å². The fourth-order valence-corrected chi connectivity index (χ4v) is 5.81. The predicted octanol–water partition coefficient (Wildman–Crippen LogP) is 5.73. The second-order valence-electron chi connectivity index (χ2n) is 10.3. The second-order valence-corrected chi connectivity index (χ2v) is 12.6. The summed E-state index contributed by atoms with van der Waals surface area (Å²) in [4.78, 5) is 28.9. The van der Waals surface area contributed by atoms with E-state index in [9.17, 15) is 18.0 Å². The molecular weight excluding hydrogens is 546 g/mol. The first-order chi connectivity index (χ1) is 18.9. The highest BCUT2D eigenvalue weighted by atomic mass is 35.5. The third-order valence-corrected chi connectivity index (χ3v) is 8.77. The van der Waals surface area contributed by atoms with Gasteiger partial charge >= 0.3 is 0 Å². The Kier molecular flexibility index (Phi) is 10.8. The van der Waals surface area contributed by atoms with E-state index in [0.717, 1.165) is 21.0 Å². The maximum absolute atomic E-state index is 14.1. The molecule has 40 heavy (non-hydrogen) atoms. The number of nitrogens with zero attached hydrogens (tertiary/aromatic N) is 2. The molecule has 1 atom stereocenters. The number of halogens is 1. The van der Waals surface area contributed by atoms with Gasteiger partial charge in [0.25, 0.3) is 10.0 Å². The van der Waals surface area contributed by atoms with Crippen molar-refractivity contribution >= 4 is 39.1 Å². The van der Waals surface area contributed by atoms with Crippen molar-refractivity contribution in [3.05, 3.63) is 94.5 Å². The molecule has 0 unspecified atom stereocenters. The minimum atomic E-state index is -4.10. The monoisotopic (exact) mass is 583 g/mol. The Labute approximate surface area is 243 Å². The van der Waals surface area contributed by atoms with Gasteiger partial charge < -0.3 is 10.2 Å². The number of sulfonamides is 1. The molecule has 0 aromatic heterocycles. The predicted molar refractivity (Wildman–Crippen MR) is 161 cm³/mol. The molecule has 3 aromatic carbocycles. The molecule has 3 rings (SSSR count). The summed E-state index contributed by atoms with van der Waals surface area (Å²) in [6, 6.07) is 19.6. The Morgan fingerprint density at radius 3 is 2.15 bits per heavy atom. The van der Waals surface area contributed by atoms with Gasteiger partial charge in [0.05, 0.1) is 10.6 Å². The van der Waals surface area contributed by atoms with E-state index in [1.54, 1.807) is 54.6 Å². The molecule has 0 saturated heterocycles.